The summed E-state index contributed by atoms with van der Waals surface area (Å²) in [5, 5.41) is 4.25. The Morgan fingerprint density at radius 3 is 2.72 bits per heavy atom. The van der Waals surface area contributed by atoms with Crippen molar-refractivity contribution in [3.63, 3.8) is 0 Å². The predicted molar refractivity (Wildman–Crippen MR) is 110 cm³/mol. The first-order chi connectivity index (χ1) is 13.8. The summed E-state index contributed by atoms with van der Waals surface area (Å²) < 4.78 is 33.3. The second kappa shape index (κ2) is 8.93. The molecule has 156 valence electrons. The number of nitrogens with zero attached hydrogens (tertiary/aromatic N) is 2. The summed E-state index contributed by atoms with van der Waals surface area (Å²) in [5.41, 5.74) is 1.16. The second-order valence-corrected chi connectivity index (χ2v) is 9.59. The molecule has 1 aromatic carbocycles. The minimum atomic E-state index is -3.83. The third kappa shape index (κ3) is 4.60. The van der Waals surface area contributed by atoms with Gasteiger partial charge in [-0.05, 0) is 24.4 Å². The molecule has 0 saturated heterocycles. The Labute approximate surface area is 174 Å². The number of carbonyl (C=O) groups excluding carboxylic acids is 2. The van der Waals surface area contributed by atoms with Crippen LogP contribution in [-0.2, 0) is 19.6 Å². The van der Waals surface area contributed by atoms with Crippen molar-refractivity contribution >= 4 is 39.0 Å². The Balaban J connectivity index is 2.05. The predicted octanol–water partition coefficient (Wildman–Crippen LogP) is 2.59. The van der Waals surface area contributed by atoms with E-state index in [1.165, 1.54) is 15.3 Å². The number of amides is 2. The van der Waals surface area contributed by atoms with E-state index < -0.39 is 22.2 Å². The van der Waals surface area contributed by atoms with E-state index >= 15 is 0 Å². The first kappa shape index (κ1) is 21.3. The number of hydrogen-bond donors (Lipinski definition) is 1. The van der Waals surface area contributed by atoms with Gasteiger partial charge in [0.25, 0.3) is 10.0 Å². The first-order valence-corrected chi connectivity index (χ1v) is 11.5. The van der Waals surface area contributed by atoms with Gasteiger partial charge in [0.15, 0.2) is 0 Å². The summed E-state index contributed by atoms with van der Waals surface area (Å²) in [4.78, 5) is 26.3. The number of hydrogen-bond acceptors (Lipinski definition) is 6. The van der Waals surface area contributed by atoms with Crippen LogP contribution in [0.25, 0.3) is 0 Å². The number of alkyl carbamates (subject to hydrolysis) is 1. The van der Waals surface area contributed by atoms with Crippen LogP contribution in [0.15, 0.2) is 46.0 Å². The Morgan fingerprint density at radius 2 is 2.03 bits per heavy atom. The zero-order valence-electron chi connectivity index (χ0n) is 16.2. The van der Waals surface area contributed by atoms with Gasteiger partial charge in [0, 0.05) is 32.1 Å². The maximum absolute atomic E-state index is 13.1. The quantitative estimate of drug-likeness (QED) is 0.793. The van der Waals surface area contributed by atoms with E-state index in [1.807, 2.05) is 0 Å². The smallest absolute Gasteiger partial charge is 0.407 e. The maximum Gasteiger partial charge on any atom is 0.407 e. The molecule has 0 fully saturated rings. The van der Waals surface area contributed by atoms with Gasteiger partial charge in [0.1, 0.15) is 10.3 Å². The van der Waals surface area contributed by atoms with Crippen LogP contribution >= 0.6 is 11.3 Å². The summed E-state index contributed by atoms with van der Waals surface area (Å²) in [5.74, 6) is -0.220. The summed E-state index contributed by atoms with van der Waals surface area (Å²) in [7, 11) is -2.20. The molecule has 2 heterocycles. The molecular formula is C19H23N3O5S2. The number of sulfonamides is 1. The van der Waals surface area contributed by atoms with Gasteiger partial charge >= 0.3 is 6.09 Å². The third-order valence-electron chi connectivity index (χ3n) is 4.62. The van der Waals surface area contributed by atoms with Crippen LogP contribution in [-0.4, -0.2) is 51.4 Å². The van der Waals surface area contributed by atoms with Gasteiger partial charge in [-0.2, -0.15) is 4.31 Å². The Hall–Kier alpha value is -2.43. The van der Waals surface area contributed by atoms with Crippen LogP contribution in [0.1, 0.15) is 25.0 Å². The van der Waals surface area contributed by atoms with E-state index in [1.54, 1.807) is 49.7 Å². The van der Waals surface area contributed by atoms with Gasteiger partial charge in [-0.3, -0.25) is 4.79 Å². The Bertz CT molecular complexity index is 975. The molecule has 1 atom stereocenters. The van der Waals surface area contributed by atoms with Crippen molar-refractivity contribution in [2.24, 2.45) is 0 Å². The zero-order chi connectivity index (χ0) is 21.0. The molecule has 2 aromatic rings. The molecule has 3 rings (SSSR count). The molecule has 0 spiro atoms. The minimum absolute atomic E-state index is 0.00729. The van der Waals surface area contributed by atoms with Gasteiger partial charge in [-0.15, -0.1) is 11.3 Å². The minimum Gasteiger partial charge on any atom is -0.440 e. The van der Waals surface area contributed by atoms with Crippen molar-refractivity contribution in [3.05, 3.63) is 47.3 Å². The lowest BCUT2D eigenvalue weighted by Crippen LogP contribution is -2.38. The molecule has 0 radical (unpaired) electrons. The van der Waals surface area contributed by atoms with Crippen LogP contribution in [0.2, 0.25) is 0 Å². The number of anilines is 1. The van der Waals surface area contributed by atoms with Gasteiger partial charge < -0.3 is 15.0 Å². The highest BCUT2D eigenvalue weighted by atomic mass is 32.2. The lowest BCUT2D eigenvalue weighted by Gasteiger charge is -2.27. The van der Waals surface area contributed by atoms with E-state index in [2.05, 4.69) is 5.32 Å². The molecule has 1 aliphatic heterocycles. The van der Waals surface area contributed by atoms with Crippen molar-refractivity contribution in [1.82, 2.24) is 9.62 Å². The SMILES string of the molecule is CCNC(=O)OC1CN(S(=O)(=O)c2cccs2)CCC(=O)N(C)c2ccccc21. The lowest BCUT2D eigenvalue weighted by molar-refractivity contribution is -0.118. The number of fused-ring (bicyclic) bond motifs is 1. The molecule has 1 unspecified atom stereocenters. The van der Waals surface area contributed by atoms with Crippen molar-refractivity contribution in [3.8, 4) is 0 Å². The number of nitrogens with one attached hydrogen (secondary N) is 1. The summed E-state index contributed by atoms with van der Waals surface area (Å²) in [6.45, 7) is 2.04. The zero-order valence-corrected chi connectivity index (χ0v) is 17.8. The van der Waals surface area contributed by atoms with E-state index in [0.29, 0.717) is 17.8 Å². The average molecular weight is 438 g/mol. The molecule has 8 nitrogen and oxygen atoms in total. The topological polar surface area (TPSA) is 96.0 Å². The maximum atomic E-state index is 13.1. The van der Waals surface area contributed by atoms with Gasteiger partial charge in [-0.1, -0.05) is 24.3 Å². The van der Waals surface area contributed by atoms with Crippen molar-refractivity contribution in [2.45, 2.75) is 23.7 Å². The van der Waals surface area contributed by atoms with Crippen LogP contribution < -0.4 is 10.2 Å². The van der Waals surface area contributed by atoms with Gasteiger partial charge in [0.2, 0.25) is 5.91 Å². The molecule has 10 heteroatoms. The first-order valence-electron chi connectivity index (χ1n) is 9.18. The number of thiophene rings is 1. The number of benzene rings is 1. The molecular weight excluding hydrogens is 414 g/mol. The number of rotatable bonds is 4. The molecule has 0 aliphatic carbocycles. The van der Waals surface area contributed by atoms with E-state index in [0.717, 1.165) is 11.3 Å². The van der Waals surface area contributed by atoms with Crippen molar-refractivity contribution in [2.75, 3.05) is 31.6 Å². The van der Waals surface area contributed by atoms with Gasteiger partial charge in [-0.25, -0.2) is 13.2 Å². The lowest BCUT2D eigenvalue weighted by atomic mass is 10.1. The van der Waals surface area contributed by atoms with Crippen LogP contribution in [0.3, 0.4) is 0 Å². The fourth-order valence-electron chi connectivity index (χ4n) is 3.13. The largest absolute Gasteiger partial charge is 0.440 e. The highest BCUT2D eigenvalue weighted by molar-refractivity contribution is 7.91. The molecule has 1 N–H and O–H groups in total. The normalized spacial score (nSPS) is 18.3. The fraction of sp³-hybridized carbons (Fsp3) is 0.368. The van der Waals surface area contributed by atoms with Gasteiger partial charge in [0.05, 0.1) is 12.2 Å². The number of carbonyl (C=O) groups is 2. The number of para-hydroxylation sites is 1. The standard InChI is InChI=1S/C19H23N3O5S2/c1-3-20-19(24)27-16-13-22(29(25,26)18-9-6-12-28-18)11-10-17(23)21(2)15-8-5-4-7-14(15)16/h4-9,12,16H,3,10-11,13H2,1-2H3,(H,20,24). The van der Waals surface area contributed by atoms with E-state index in [9.17, 15) is 18.0 Å². The molecule has 2 amide bonds. The van der Waals surface area contributed by atoms with E-state index in [-0.39, 0.29) is 29.6 Å². The molecule has 1 aromatic heterocycles. The Kier molecular flexibility index (Phi) is 6.56. The Morgan fingerprint density at radius 1 is 1.28 bits per heavy atom. The van der Waals surface area contributed by atoms with Crippen LogP contribution in [0.4, 0.5) is 10.5 Å². The second-order valence-electron chi connectivity index (χ2n) is 6.48. The van der Waals surface area contributed by atoms with Crippen LogP contribution in [0.5, 0.6) is 0 Å². The summed E-state index contributed by atoms with van der Waals surface area (Å²) in [6.07, 6.45) is -1.50. The summed E-state index contributed by atoms with van der Waals surface area (Å²) in [6, 6.07) is 10.2. The molecule has 0 saturated carbocycles. The molecule has 29 heavy (non-hydrogen) atoms. The third-order valence-corrected chi connectivity index (χ3v) is 7.86. The number of ether oxygens (including phenoxy) is 1. The fourth-order valence-corrected chi connectivity index (χ4v) is 5.72. The monoisotopic (exact) mass is 437 g/mol. The average Bonchev–Trinajstić information content (AvgIpc) is 3.25. The molecule has 0 bridgehead atoms. The highest BCUT2D eigenvalue weighted by Crippen LogP contribution is 2.33. The van der Waals surface area contributed by atoms with Crippen LogP contribution in [0, 0.1) is 0 Å². The van der Waals surface area contributed by atoms with Crippen molar-refractivity contribution < 1.29 is 22.7 Å². The molecule has 1 aliphatic rings. The summed E-state index contributed by atoms with van der Waals surface area (Å²) >= 11 is 1.11. The van der Waals surface area contributed by atoms with Crippen molar-refractivity contribution in [1.29, 1.82) is 0 Å². The highest BCUT2D eigenvalue weighted by Gasteiger charge is 2.34. The van der Waals surface area contributed by atoms with E-state index in [4.69, 9.17) is 4.74 Å².